The first-order valence-electron chi connectivity index (χ1n) is 9.03. The molecular weight excluding hydrogens is 428 g/mol. The lowest BCUT2D eigenvalue weighted by atomic mass is 10.3. The average molecular weight is 453 g/mol. The topological polar surface area (TPSA) is 99.0 Å². The molecule has 2 aromatic heterocycles. The van der Waals surface area contributed by atoms with E-state index in [4.69, 9.17) is 0 Å². The van der Waals surface area contributed by atoms with Crippen LogP contribution in [0.5, 0.6) is 0 Å². The lowest BCUT2D eigenvalue weighted by molar-refractivity contribution is 0.406. The van der Waals surface area contributed by atoms with Gasteiger partial charge in [-0.1, -0.05) is 6.07 Å². The Morgan fingerprint density at radius 2 is 1.86 bits per heavy atom. The van der Waals surface area contributed by atoms with E-state index in [0.717, 1.165) is 23.6 Å². The molecule has 0 spiro atoms. The lowest BCUT2D eigenvalue weighted by Crippen LogP contribution is -2.39. The fourth-order valence-corrected chi connectivity index (χ4v) is 5.48. The zero-order chi connectivity index (χ0) is 20.7. The first-order chi connectivity index (χ1) is 13.9. The molecule has 156 valence electrons. The molecule has 0 bridgehead atoms. The van der Waals surface area contributed by atoms with Crippen LogP contribution in [0.25, 0.3) is 0 Å². The zero-order valence-electron chi connectivity index (χ0n) is 16.3. The van der Waals surface area contributed by atoms with Crippen molar-refractivity contribution in [2.75, 3.05) is 26.4 Å². The highest BCUT2D eigenvalue weighted by atomic mass is 32.2. The normalized spacial score (nSPS) is 15.3. The van der Waals surface area contributed by atoms with E-state index in [1.54, 1.807) is 24.2 Å². The van der Waals surface area contributed by atoms with Gasteiger partial charge in [0.15, 0.2) is 11.7 Å². The molecule has 0 atom stereocenters. The van der Waals surface area contributed by atoms with Gasteiger partial charge in [0.1, 0.15) is 0 Å². The third-order valence-electron chi connectivity index (χ3n) is 3.79. The number of hydrogen-bond donors (Lipinski definition) is 2. The average Bonchev–Trinajstić information content (AvgIpc) is 3.23. The Balaban J connectivity index is 1.43. The van der Waals surface area contributed by atoms with E-state index in [1.165, 1.54) is 9.75 Å². The van der Waals surface area contributed by atoms with Gasteiger partial charge >= 0.3 is 10.2 Å². The van der Waals surface area contributed by atoms with E-state index in [-0.39, 0.29) is 11.7 Å². The van der Waals surface area contributed by atoms with Crippen molar-refractivity contribution in [1.29, 1.82) is 0 Å². The molecule has 8 nitrogen and oxygen atoms in total. The molecular formula is C18H24N6O2S3. The number of nitrogens with one attached hydrogen (secondary N) is 2. The first kappa shape index (κ1) is 21.8. The second kappa shape index (κ2) is 10.2. The van der Waals surface area contributed by atoms with Crippen molar-refractivity contribution in [2.45, 2.75) is 18.8 Å². The first-order valence-corrected chi connectivity index (χ1v) is 12.4. The van der Waals surface area contributed by atoms with Crippen molar-refractivity contribution < 1.29 is 8.42 Å². The molecule has 0 saturated heterocycles. The summed E-state index contributed by atoms with van der Waals surface area (Å²) in [4.78, 5) is 8.89. The van der Waals surface area contributed by atoms with E-state index < -0.39 is 10.2 Å². The quantitative estimate of drug-likeness (QED) is 0.561. The Labute approximate surface area is 179 Å². The molecule has 0 aromatic carbocycles. The van der Waals surface area contributed by atoms with Crippen LogP contribution in [0.4, 0.5) is 0 Å². The van der Waals surface area contributed by atoms with Gasteiger partial charge in [0.2, 0.25) is 0 Å². The molecule has 11 heteroatoms. The number of hydrogen-bond acceptors (Lipinski definition) is 8. The van der Waals surface area contributed by atoms with Crippen molar-refractivity contribution in [2.24, 2.45) is 8.80 Å². The summed E-state index contributed by atoms with van der Waals surface area (Å²) in [5.41, 5.74) is 0.930. The maximum Gasteiger partial charge on any atom is 0.367 e. The Bertz CT molecular complexity index is 970. The summed E-state index contributed by atoms with van der Waals surface area (Å²) in [6, 6.07) is 8.07. The second-order valence-corrected chi connectivity index (χ2v) is 10.2. The van der Waals surface area contributed by atoms with Gasteiger partial charge < -0.3 is 15.5 Å². The summed E-state index contributed by atoms with van der Waals surface area (Å²) in [7, 11) is 0.313. The van der Waals surface area contributed by atoms with Crippen LogP contribution in [0, 0.1) is 0 Å². The van der Waals surface area contributed by atoms with Gasteiger partial charge in [-0.2, -0.15) is 20.2 Å². The van der Waals surface area contributed by atoms with E-state index >= 15 is 0 Å². The molecule has 0 saturated carbocycles. The maximum atomic E-state index is 11.7. The fourth-order valence-electron chi connectivity index (χ4n) is 2.57. The Morgan fingerprint density at radius 3 is 2.59 bits per heavy atom. The van der Waals surface area contributed by atoms with Gasteiger partial charge in [0.05, 0.1) is 0 Å². The van der Waals surface area contributed by atoms with E-state index in [9.17, 15) is 8.42 Å². The predicted octanol–water partition coefficient (Wildman–Crippen LogP) is 1.87. The highest BCUT2D eigenvalue weighted by Crippen LogP contribution is 2.22. The van der Waals surface area contributed by atoms with Gasteiger partial charge in [-0.3, -0.25) is 4.98 Å². The summed E-state index contributed by atoms with van der Waals surface area (Å²) in [6.07, 6.45) is 3.40. The van der Waals surface area contributed by atoms with Crippen molar-refractivity contribution in [3.8, 4) is 0 Å². The van der Waals surface area contributed by atoms with E-state index in [1.807, 2.05) is 23.5 Å². The molecule has 3 heterocycles. The molecule has 0 radical (unpaired) electrons. The molecule has 0 aliphatic carbocycles. The van der Waals surface area contributed by atoms with Crippen molar-refractivity contribution in [3.05, 3.63) is 52.0 Å². The summed E-state index contributed by atoms with van der Waals surface area (Å²) < 4.78 is 30.8. The maximum absolute atomic E-state index is 11.7. The number of amidine groups is 2. The van der Waals surface area contributed by atoms with Gasteiger partial charge in [-0.25, -0.2) is 0 Å². The molecule has 1 aliphatic heterocycles. The molecule has 0 unspecified atom stereocenters. The van der Waals surface area contributed by atoms with Gasteiger partial charge in [0, 0.05) is 53.3 Å². The minimum atomic E-state index is -3.82. The third-order valence-corrected chi connectivity index (χ3v) is 6.88. The van der Waals surface area contributed by atoms with Gasteiger partial charge in [-0.15, -0.1) is 20.1 Å². The number of pyridine rings is 1. The fraction of sp³-hybridized carbons (Fsp3) is 0.389. The van der Waals surface area contributed by atoms with Crippen molar-refractivity contribution in [3.63, 3.8) is 0 Å². The summed E-state index contributed by atoms with van der Waals surface area (Å²) >= 11 is 3.62. The highest BCUT2D eigenvalue weighted by molar-refractivity contribution is 7.98. The number of nitrogens with zero attached hydrogens (tertiary/aromatic N) is 4. The lowest BCUT2D eigenvalue weighted by Gasteiger charge is -2.09. The minimum absolute atomic E-state index is 0.241. The van der Waals surface area contributed by atoms with Gasteiger partial charge in [-0.05, 0) is 37.9 Å². The molecule has 1 aliphatic rings. The van der Waals surface area contributed by atoms with Crippen LogP contribution in [0.1, 0.15) is 15.3 Å². The highest BCUT2D eigenvalue weighted by Gasteiger charge is 2.23. The Kier molecular flexibility index (Phi) is 7.64. The Hall–Kier alpha value is -1.95. The predicted molar refractivity (Wildman–Crippen MR) is 121 cm³/mol. The van der Waals surface area contributed by atoms with Crippen LogP contribution in [0.15, 0.2) is 45.5 Å². The zero-order valence-corrected chi connectivity index (χ0v) is 18.8. The number of rotatable bonds is 9. The van der Waals surface area contributed by atoms with Crippen LogP contribution in [-0.2, 0) is 29.1 Å². The number of thioether (sulfide) groups is 1. The van der Waals surface area contributed by atoms with Crippen molar-refractivity contribution >= 4 is 45.0 Å². The van der Waals surface area contributed by atoms with Crippen LogP contribution in [0.3, 0.4) is 0 Å². The molecule has 29 heavy (non-hydrogen) atoms. The minimum Gasteiger partial charge on any atom is -0.365 e. The number of aromatic nitrogens is 1. The second-order valence-electron chi connectivity index (χ2n) is 6.63. The van der Waals surface area contributed by atoms with Gasteiger partial charge in [0.25, 0.3) is 0 Å². The van der Waals surface area contributed by atoms with E-state index in [0.29, 0.717) is 13.1 Å². The van der Waals surface area contributed by atoms with Crippen LogP contribution >= 0.6 is 23.1 Å². The summed E-state index contributed by atoms with van der Waals surface area (Å²) in [5, 5.41) is 6.10. The molecule has 2 aromatic rings. The summed E-state index contributed by atoms with van der Waals surface area (Å²) in [5.74, 6) is 2.27. The largest absolute Gasteiger partial charge is 0.367 e. The summed E-state index contributed by atoms with van der Waals surface area (Å²) in [6.45, 7) is 1.98. The standard InChI is InChI=1S/C18H24N6O2S3/c1-24(2)12-15-5-6-16(28-15)13-27-9-8-20-17-18(23-29(25,26)22-17)21-11-14-4-3-7-19-10-14/h3-7,10H,8-9,11-13H2,1-2H3,(H,20,22)(H,21,23). The molecule has 0 fully saturated rings. The Morgan fingerprint density at radius 1 is 1.10 bits per heavy atom. The molecule has 2 N–H and O–H groups in total. The SMILES string of the molecule is CN(C)Cc1ccc(CSCCNC2=NS(=O)(=O)N=C2NCc2cccnc2)s1. The van der Waals surface area contributed by atoms with Crippen LogP contribution in [0.2, 0.25) is 0 Å². The molecule has 0 amide bonds. The molecule has 3 rings (SSSR count). The van der Waals surface area contributed by atoms with Crippen molar-refractivity contribution in [1.82, 2.24) is 20.5 Å². The van der Waals surface area contributed by atoms with Crippen LogP contribution < -0.4 is 10.6 Å². The number of thiophene rings is 1. The monoisotopic (exact) mass is 452 g/mol. The van der Waals surface area contributed by atoms with E-state index in [2.05, 4.69) is 55.5 Å². The third kappa shape index (κ3) is 7.11. The smallest absolute Gasteiger partial charge is 0.365 e. The van der Waals surface area contributed by atoms with Crippen LogP contribution in [-0.4, -0.2) is 56.4 Å².